The molecule has 84 valence electrons. The molecule has 0 amide bonds. The van der Waals surface area contributed by atoms with Crippen molar-refractivity contribution < 1.29 is 0 Å². The number of rotatable bonds is 0. The average Bonchev–Trinajstić information content (AvgIpc) is 2.27. The van der Waals surface area contributed by atoms with Crippen LogP contribution in [0.3, 0.4) is 0 Å². The maximum Gasteiger partial charge on any atom is 0.0495 e. The van der Waals surface area contributed by atoms with Crippen LogP contribution >= 0.6 is 43.5 Å². The van der Waals surface area contributed by atoms with E-state index in [-0.39, 0.29) is 0 Å². The Morgan fingerprint density at radius 2 is 1.47 bits per heavy atom. The van der Waals surface area contributed by atoms with E-state index in [1.165, 1.54) is 16.2 Å². The maximum absolute atomic E-state index is 6.25. The van der Waals surface area contributed by atoms with Gasteiger partial charge in [-0.05, 0) is 40.4 Å². The van der Waals surface area contributed by atoms with E-state index in [1.54, 1.807) is 0 Å². The molecule has 3 rings (SSSR count). The second kappa shape index (κ2) is 4.27. The van der Waals surface area contributed by atoms with E-state index in [0.29, 0.717) is 0 Å². The van der Waals surface area contributed by atoms with Crippen LogP contribution in [0.4, 0.5) is 0 Å². The maximum atomic E-state index is 6.25. The van der Waals surface area contributed by atoms with E-state index in [0.717, 1.165) is 19.4 Å². The van der Waals surface area contributed by atoms with Crippen molar-refractivity contribution in [1.29, 1.82) is 0 Å². The lowest BCUT2D eigenvalue weighted by molar-refractivity contribution is 1.70. The van der Waals surface area contributed by atoms with Gasteiger partial charge in [0.1, 0.15) is 0 Å². The van der Waals surface area contributed by atoms with E-state index in [1.807, 2.05) is 6.07 Å². The van der Waals surface area contributed by atoms with Gasteiger partial charge in [0.05, 0.1) is 0 Å². The molecule has 0 nitrogen and oxygen atoms in total. The minimum absolute atomic E-state index is 0.777. The second-order valence-corrected chi connectivity index (χ2v) is 6.15. The Hall–Kier alpha value is -0.570. The molecule has 0 heterocycles. The zero-order valence-corrected chi connectivity index (χ0v) is 12.6. The topological polar surface area (TPSA) is 0 Å². The van der Waals surface area contributed by atoms with Crippen molar-refractivity contribution in [3.05, 3.63) is 56.4 Å². The van der Waals surface area contributed by atoms with Gasteiger partial charge in [-0.25, -0.2) is 0 Å². The monoisotopic (exact) mass is 368 g/mol. The van der Waals surface area contributed by atoms with Crippen LogP contribution in [-0.2, 0) is 0 Å². The Morgan fingerprint density at radius 1 is 0.706 bits per heavy atom. The van der Waals surface area contributed by atoms with Gasteiger partial charge in [-0.15, -0.1) is 0 Å². The molecule has 0 aliphatic heterocycles. The standard InChI is InChI=1S/C14H7Br2Cl/c15-9-2-4-11-8(5-9)1-3-12-13(11)6-10(16)7-14(12)17/h1-7H. The van der Waals surface area contributed by atoms with Crippen LogP contribution in [0.1, 0.15) is 0 Å². The Balaban J connectivity index is 2.55. The lowest BCUT2D eigenvalue weighted by Gasteiger charge is -2.06. The highest BCUT2D eigenvalue weighted by molar-refractivity contribution is 9.10. The van der Waals surface area contributed by atoms with Crippen LogP contribution in [-0.4, -0.2) is 0 Å². The number of halogens is 3. The average molecular weight is 370 g/mol. The molecule has 0 fully saturated rings. The van der Waals surface area contributed by atoms with Gasteiger partial charge >= 0.3 is 0 Å². The summed E-state index contributed by atoms with van der Waals surface area (Å²) in [5.41, 5.74) is 0. The van der Waals surface area contributed by atoms with Crippen LogP contribution in [0.25, 0.3) is 21.5 Å². The molecule has 0 spiro atoms. The summed E-state index contributed by atoms with van der Waals surface area (Å²) in [7, 11) is 0. The molecule has 3 aromatic carbocycles. The van der Waals surface area contributed by atoms with Crippen LogP contribution in [0.5, 0.6) is 0 Å². The minimum atomic E-state index is 0.777. The Kier molecular flexibility index (Phi) is 2.89. The van der Waals surface area contributed by atoms with Crippen molar-refractivity contribution in [2.45, 2.75) is 0 Å². The summed E-state index contributed by atoms with van der Waals surface area (Å²) < 4.78 is 2.09. The van der Waals surface area contributed by atoms with Gasteiger partial charge in [-0.2, -0.15) is 0 Å². The summed E-state index contributed by atoms with van der Waals surface area (Å²) in [5, 5.41) is 5.47. The van der Waals surface area contributed by atoms with Gasteiger partial charge in [0.2, 0.25) is 0 Å². The van der Waals surface area contributed by atoms with Gasteiger partial charge in [0, 0.05) is 19.4 Å². The first kappa shape index (κ1) is 11.5. The highest BCUT2D eigenvalue weighted by Crippen LogP contribution is 2.34. The fourth-order valence-electron chi connectivity index (χ4n) is 2.07. The zero-order valence-electron chi connectivity index (χ0n) is 8.68. The van der Waals surface area contributed by atoms with Crippen molar-refractivity contribution in [1.82, 2.24) is 0 Å². The molecule has 0 atom stereocenters. The quantitative estimate of drug-likeness (QED) is 0.415. The molecule has 0 unspecified atom stereocenters. The summed E-state index contributed by atoms with van der Waals surface area (Å²) >= 11 is 13.2. The summed E-state index contributed by atoms with van der Waals surface area (Å²) in [6, 6.07) is 14.5. The second-order valence-electron chi connectivity index (χ2n) is 3.91. The lowest BCUT2D eigenvalue weighted by atomic mass is 10.0. The van der Waals surface area contributed by atoms with Crippen molar-refractivity contribution in [2.75, 3.05) is 0 Å². The fourth-order valence-corrected chi connectivity index (χ4v) is 3.32. The summed E-state index contributed by atoms with van der Waals surface area (Å²) in [6.07, 6.45) is 0. The molecule has 0 aromatic heterocycles. The van der Waals surface area contributed by atoms with Gasteiger partial charge in [0.25, 0.3) is 0 Å². The first-order valence-corrected chi connectivity index (χ1v) is 7.08. The molecule has 0 N–H and O–H groups in total. The van der Waals surface area contributed by atoms with Gasteiger partial charge < -0.3 is 0 Å². The van der Waals surface area contributed by atoms with Crippen molar-refractivity contribution in [3.8, 4) is 0 Å². The van der Waals surface area contributed by atoms with E-state index < -0.39 is 0 Å². The van der Waals surface area contributed by atoms with Gasteiger partial charge in [-0.3, -0.25) is 0 Å². The summed E-state index contributed by atoms with van der Waals surface area (Å²) in [5.74, 6) is 0. The number of hydrogen-bond acceptors (Lipinski definition) is 0. The molecule has 0 radical (unpaired) electrons. The van der Waals surface area contributed by atoms with Gasteiger partial charge in [0.15, 0.2) is 0 Å². The Morgan fingerprint density at radius 3 is 2.29 bits per heavy atom. The molecule has 3 aromatic rings. The predicted octanol–water partition coefficient (Wildman–Crippen LogP) is 6.17. The van der Waals surface area contributed by atoms with E-state index in [9.17, 15) is 0 Å². The van der Waals surface area contributed by atoms with Gasteiger partial charge in [-0.1, -0.05) is 61.7 Å². The van der Waals surface area contributed by atoms with Crippen molar-refractivity contribution >= 4 is 65.0 Å². The van der Waals surface area contributed by atoms with Crippen LogP contribution in [0, 0.1) is 0 Å². The number of benzene rings is 3. The van der Waals surface area contributed by atoms with Crippen molar-refractivity contribution in [2.24, 2.45) is 0 Å². The molecule has 17 heavy (non-hydrogen) atoms. The highest BCUT2D eigenvalue weighted by atomic mass is 79.9. The molecule has 0 aliphatic rings. The first-order chi connectivity index (χ1) is 8.15. The zero-order chi connectivity index (χ0) is 12.0. The molecular formula is C14H7Br2Cl. The van der Waals surface area contributed by atoms with Crippen LogP contribution in [0.2, 0.25) is 5.02 Å². The summed E-state index contributed by atoms with van der Waals surface area (Å²) in [4.78, 5) is 0. The SMILES string of the molecule is Clc1cc(Br)cc2c1ccc1cc(Br)ccc12. The van der Waals surface area contributed by atoms with E-state index in [2.05, 4.69) is 68.3 Å². The first-order valence-electron chi connectivity index (χ1n) is 5.12. The third kappa shape index (κ3) is 1.99. The van der Waals surface area contributed by atoms with E-state index >= 15 is 0 Å². The summed E-state index contributed by atoms with van der Waals surface area (Å²) in [6.45, 7) is 0. The predicted molar refractivity (Wildman–Crippen MR) is 81.9 cm³/mol. The largest absolute Gasteiger partial charge is 0.0836 e. The molecule has 0 saturated carbocycles. The van der Waals surface area contributed by atoms with Crippen LogP contribution < -0.4 is 0 Å². The Labute approximate surface area is 121 Å². The lowest BCUT2D eigenvalue weighted by Crippen LogP contribution is -1.80. The normalized spacial score (nSPS) is 11.2. The fraction of sp³-hybridized carbons (Fsp3) is 0. The Bertz CT molecular complexity index is 735. The molecule has 0 aliphatic carbocycles. The molecule has 0 bridgehead atoms. The van der Waals surface area contributed by atoms with Crippen molar-refractivity contribution in [3.63, 3.8) is 0 Å². The highest BCUT2D eigenvalue weighted by Gasteiger charge is 2.05. The molecule has 0 saturated heterocycles. The minimum Gasteiger partial charge on any atom is -0.0836 e. The third-order valence-electron chi connectivity index (χ3n) is 2.83. The third-order valence-corrected chi connectivity index (χ3v) is 4.09. The number of hydrogen-bond donors (Lipinski definition) is 0. The van der Waals surface area contributed by atoms with Crippen LogP contribution in [0.15, 0.2) is 51.4 Å². The smallest absolute Gasteiger partial charge is 0.0495 e. The van der Waals surface area contributed by atoms with E-state index in [4.69, 9.17) is 11.6 Å². The number of fused-ring (bicyclic) bond motifs is 3. The molecule has 3 heteroatoms. The molecular weight excluding hydrogens is 363 g/mol.